The van der Waals surface area contributed by atoms with Crippen molar-refractivity contribution in [2.45, 2.75) is 46.7 Å². The standard InChI is InChI=1S/C26H30IN5O2S/c1-14-20(21(27)15(2)29-14)23-22(18-9-7-8-12-28-18)31-25(35)32(23)16-10-11-17(19(13-16)34-6)30-24(33)26(3,4)5/h7-13,22-23,29H,1-6H3,(H,30,33)(H,31,35)/t22-,23+/m1/s1. The molecule has 1 saturated heterocycles. The number of thiocarbonyl (C=S) groups is 1. The monoisotopic (exact) mass is 603 g/mol. The minimum atomic E-state index is -0.522. The van der Waals surface area contributed by atoms with Crippen molar-refractivity contribution in [3.63, 3.8) is 0 Å². The SMILES string of the molecule is COc1cc(N2C(=S)N[C@H](c3ccccn3)[C@@H]2c2c(C)[nH]c(C)c2I)ccc1NC(=O)C(C)(C)C. The number of hydrogen-bond acceptors (Lipinski definition) is 4. The summed E-state index contributed by atoms with van der Waals surface area (Å²) in [5, 5.41) is 7.09. The molecule has 4 rings (SSSR count). The van der Waals surface area contributed by atoms with Crippen molar-refractivity contribution in [2.75, 3.05) is 17.3 Å². The van der Waals surface area contributed by atoms with Crippen LogP contribution in [0.4, 0.5) is 11.4 Å². The van der Waals surface area contributed by atoms with Gasteiger partial charge in [0.25, 0.3) is 0 Å². The number of nitrogens with one attached hydrogen (secondary N) is 3. The van der Waals surface area contributed by atoms with Gasteiger partial charge in [0.2, 0.25) is 5.91 Å². The number of benzene rings is 1. The van der Waals surface area contributed by atoms with Crippen LogP contribution < -0.4 is 20.3 Å². The summed E-state index contributed by atoms with van der Waals surface area (Å²) < 4.78 is 6.84. The molecule has 1 aromatic carbocycles. The van der Waals surface area contributed by atoms with E-state index in [0.29, 0.717) is 16.5 Å². The smallest absolute Gasteiger partial charge is 0.229 e. The van der Waals surface area contributed by atoms with Gasteiger partial charge >= 0.3 is 0 Å². The second-order valence-electron chi connectivity index (χ2n) is 9.69. The largest absolute Gasteiger partial charge is 0.494 e. The highest BCUT2D eigenvalue weighted by Gasteiger charge is 2.43. The molecule has 1 aliphatic rings. The Kier molecular flexibility index (Phi) is 7.10. The maximum atomic E-state index is 12.6. The maximum absolute atomic E-state index is 12.6. The third-order valence-corrected chi connectivity index (χ3v) is 7.84. The number of amides is 1. The molecule has 0 radical (unpaired) electrons. The van der Waals surface area contributed by atoms with Crippen molar-refractivity contribution < 1.29 is 9.53 Å². The molecule has 2 aromatic heterocycles. The molecular weight excluding hydrogens is 573 g/mol. The molecule has 0 unspecified atom stereocenters. The second kappa shape index (κ2) is 9.77. The van der Waals surface area contributed by atoms with Gasteiger partial charge in [-0.25, -0.2) is 0 Å². The lowest BCUT2D eigenvalue weighted by molar-refractivity contribution is -0.123. The topological polar surface area (TPSA) is 82.3 Å². The van der Waals surface area contributed by atoms with Crippen molar-refractivity contribution >= 4 is 57.2 Å². The lowest BCUT2D eigenvalue weighted by Crippen LogP contribution is -2.30. The number of aryl methyl sites for hydroxylation is 2. The van der Waals surface area contributed by atoms with Gasteiger partial charge in [-0.2, -0.15) is 0 Å². The number of halogens is 1. The number of rotatable bonds is 5. The number of aromatic amines is 1. The average molecular weight is 604 g/mol. The van der Waals surface area contributed by atoms with Gasteiger partial charge in [-0.15, -0.1) is 0 Å². The van der Waals surface area contributed by atoms with Gasteiger partial charge in [-0.05, 0) is 72.9 Å². The van der Waals surface area contributed by atoms with Gasteiger partial charge in [0.15, 0.2) is 5.11 Å². The molecule has 0 saturated carbocycles. The predicted octanol–water partition coefficient (Wildman–Crippen LogP) is 5.80. The molecule has 184 valence electrons. The molecule has 1 aliphatic heterocycles. The second-order valence-corrected chi connectivity index (χ2v) is 11.2. The molecule has 35 heavy (non-hydrogen) atoms. The maximum Gasteiger partial charge on any atom is 0.229 e. The Morgan fingerprint density at radius 1 is 1.20 bits per heavy atom. The molecule has 0 spiro atoms. The van der Waals surface area contributed by atoms with Gasteiger partial charge in [0.05, 0.1) is 30.6 Å². The van der Waals surface area contributed by atoms with Crippen LogP contribution in [-0.2, 0) is 4.79 Å². The number of ether oxygens (including phenoxy) is 1. The van der Waals surface area contributed by atoms with E-state index < -0.39 is 5.41 Å². The quantitative estimate of drug-likeness (QED) is 0.253. The van der Waals surface area contributed by atoms with E-state index in [1.54, 1.807) is 13.3 Å². The zero-order valence-corrected chi connectivity index (χ0v) is 23.7. The number of pyridine rings is 1. The van der Waals surface area contributed by atoms with Crippen molar-refractivity contribution in [3.05, 3.63) is 68.8 Å². The molecular formula is C26H30IN5O2S. The highest BCUT2D eigenvalue weighted by Crippen LogP contribution is 2.45. The van der Waals surface area contributed by atoms with Crippen LogP contribution >= 0.6 is 34.8 Å². The summed E-state index contributed by atoms with van der Waals surface area (Å²) in [5.74, 6) is 0.489. The Labute approximate surface area is 225 Å². The molecule has 1 fully saturated rings. The first kappa shape index (κ1) is 25.4. The Morgan fingerprint density at radius 3 is 2.51 bits per heavy atom. The molecule has 0 aliphatic carbocycles. The van der Waals surface area contributed by atoms with Crippen LogP contribution in [0.5, 0.6) is 5.75 Å². The summed E-state index contributed by atoms with van der Waals surface area (Å²) in [6.45, 7) is 9.80. The zero-order valence-electron chi connectivity index (χ0n) is 20.7. The Balaban J connectivity index is 1.81. The number of hydrogen-bond donors (Lipinski definition) is 3. The molecule has 0 bridgehead atoms. The zero-order chi connectivity index (χ0) is 25.5. The summed E-state index contributed by atoms with van der Waals surface area (Å²) in [7, 11) is 1.60. The normalized spacial score (nSPS) is 17.9. The Bertz CT molecular complexity index is 1270. The first-order valence-corrected chi connectivity index (χ1v) is 12.9. The number of carbonyl (C=O) groups is 1. The molecule has 3 aromatic rings. The Morgan fingerprint density at radius 2 is 1.94 bits per heavy atom. The van der Waals surface area contributed by atoms with E-state index >= 15 is 0 Å². The molecule has 7 nitrogen and oxygen atoms in total. The average Bonchev–Trinajstić information content (AvgIpc) is 3.28. The number of methoxy groups -OCH3 is 1. The number of carbonyl (C=O) groups excluding carboxylic acids is 1. The van der Waals surface area contributed by atoms with E-state index in [1.807, 2.05) is 57.2 Å². The first-order valence-electron chi connectivity index (χ1n) is 11.4. The predicted molar refractivity (Wildman–Crippen MR) is 152 cm³/mol. The summed E-state index contributed by atoms with van der Waals surface area (Å²) in [6.07, 6.45) is 1.80. The van der Waals surface area contributed by atoms with Crippen LogP contribution in [0, 0.1) is 22.8 Å². The molecule has 1 amide bonds. The number of aromatic nitrogens is 2. The van der Waals surface area contributed by atoms with E-state index in [1.165, 1.54) is 9.13 Å². The summed E-state index contributed by atoms with van der Waals surface area (Å²) in [6, 6.07) is 11.4. The molecule has 3 N–H and O–H groups in total. The van der Waals surface area contributed by atoms with Crippen LogP contribution in [0.25, 0.3) is 0 Å². The van der Waals surface area contributed by atoms with Crippen molar-refractivity contribution in [1.82, 2.24) is 15.3 Å². The van der Waals surface area contributed by atoms with E-state index in [4.69, 9.17) is 17.0 Å². The minimum absolute atomic E-state index is 0.0806. The summed E-state index contributed by atoms with van der Waals surface area (Å²) in [5.41, 5.74) is 5.27. The van der Waals surface area contributed by atoms with Crippen molar-refractivity contribution in [2.24, 2.45) is 5.41 Å². The van der Waals surface area contributed by atoms with E-state index in [0.717, 1.165) is 22.8 Å². The third-order valence-electron chi connectivity index (χ3n) is 6.13. The highest BCUT2D eigenvalue weighted by molar-refractivity contribution is 14.1. The molecule has 9 heteroatoms. The Hall–Kier alpha value is -2.66. The number of H-pyrrole nitrogens is 1. The van der Waals surface area contributed by atoms with E-state index in [-0.39, 0.29) is 18.0 Å². The highest BCUT2D eigenvalue weighted by atomic mass is 127. The first-order chi connectivity index (χ1) is 16.5. The number of nitrogens with zero attached hydrogens (tertiary/aromatic N) is 2. The van der Waals surface area contributed by atoms with Crippen LogP contribution in [0.1, 0.15) is 55.5 Å². The number of anilines is 2. The van der Waals surface area contributed by atoms with Crippen LogP contribution in [-0.4, -0.2) is 28.1 Å². The molecule has 2 atom stereocenters. The van der Waals surface area contributed by atoms with Crippen molar-refractivity contribution in [3.8, 4) is 5.75 Å². The lowest BCUT2D eigenvalue weighted by atomic mass is 9.95. The van der Waals surface area contributed by atoms with E-state index in [2.05, 4.69) is 61.9 Å². The summed E-state index contributed by atoms with van der Waals surface area (Å²) in [4.78, 5) is 22.8. The van der Waals surface area contributed by atoms with Crippen molar-refractivity contribution in [1.29, 1.82) is 0 Å². The van der Waals surface area contributed by atoms with Gasteiger partial charge in [-0.1, -0.05) is 26.8 Å². The van der Waals surface area contributed by atoms with Gasteiger partial charge < -0.3 is 25.3 Å². The lowest BCUT2D eigenvalue weighted by Gasteiger charge is -2.29. The van der Waals surface area contributed by atoms with Crippen LogP contribution in [0.15, 0.2) is 42.6 Å². The fourth-order valence-corrected chi connectivity index (χ4v) is 5.50. The molecule has 3 heterocycles. The van der Waals surface area contributed by atoms with Gasteiger partial charge in [0, 0.05) is 43.9 Å². The van der Waals surface area contributed by atoms with Crippen LogP contribution in [0.2, 0.25) is 0 Å². The summed E-state index contributed by atoms with van der Waals surface area (Å²) >= 11 is 8.26. The van der Waals surface area contributed by atoms with Gasteiger partial charge in [-0.3, -0.25) is 9.78 Å². The fraction of sp³-hybridized carbons (Fsp3) is 0.346. The minimum Gasteiger partial charge on any atom is -0.494 e. The van der Waals surface area contributed by atoms with E-state index in [9.17, 15) is 4.79 Å². The third kappa shape index (κ3) is 4.88. The fourth-order valence-electron chi connectivity index (χ4n) is 4.29. The van der Waals surface area contributed by atoms with Gasteiger partial charge in [0.1, 0.15) is 5.75 Å². The van der Waals surface area contributed by atoms with Crippen LogP contribution in [0.3, 0.4) is 0 Å².